The summed E-state index contributed by atoms with van der Waals surface area (Å²) in [4.78, 5) is 0. The number of alkyl halides is 1. The molecule has 0 aromatic carbocycles. The van der Waals surface area contributed by atoms with E-state index in [1.54, 1.807) is 6.07 Å². The highest BCUT2D eigenvalue weighted by Gasteiger charge is 2.16. The third-order valence-corrected chi connectivity index (χ3v) is 1.71. The highest BCUT2D eigenvalue weighted by atomic mass is 19.1. The predicted molar refractivity (Wildman–Crippen MR) is 46.8 cm³/mol. The van der Waals surface area contributed by atoms with Crippen LogP contribution < -0.4 is 0 Å². The third-order valence-electron chi connectivity index (χ3n) is 1.71. The molecule has 1 aromatic heterocycles. The Kier molecular flexibility index (Phi) is 2.22. The molecule has 1 rings (SSSR count). The minimum absolute atomic E-state index is 0.0580. The maximum atomic E-state index is 12.2. The monoisotopic (exact) mass is 170 g/mol. The molecule has 0 unspecified atom stereocenters. The summed E-state index contributed by atoms with van der Waals surface area (Å²) in [6.07, 6.45) is 0. The Morgan fingerprint density at radius 1 is 1.50 bits per heavy atom. The average Bonchev–Trinajstić information content (AvgIpc) is 2.29. The fourth-order valence-corrected chi connectivity index (χ4v) is 1.28. The van der Waals surface area contributed by atoms with Gasteiger partial charge in [0, 0.05) is 5.69 Å². The fourth-order valence-electron chi connectivity index (χ4n) is 1.28. The van der Waals surface area contributed by atoms with E-state index < -0.39 is 6.67 Å². The summed E-state index contributed by atoms with van der Waals surface area (Å²) in [6, 6.07) is 1.78. The predicted octanol–water partition coefficient (Wildman–Crippen LogP) is 2.42. The summed E-state index contributed by atoms with van der Waals surface area (Å²) < 4.78 is 14.1. The first kappa shape index (κ1) is 9.23. The molecule has 0 fully saturated rings. The van der Waals surface area contributed by atoms with Crippen molar-refractivity contribution < 1.29 is 4.39 Å². The first-order valence-corrected chi connectivity index (χ1v) is 4.07. The van der Waals surface area contributed by atoms with Crippen molar-refractivity contribution in [1.82, 2.24) is 9.78 Å². The van der Waals surface area contributed by atoms with Crippen LogP contribution in [0.15, 0.2) is 6.07 Å². The van der Waals surface area contributed by atoms with E-state index in [1.165, 1.54) is 0 Å². The Morgan fingerprint density at radius 3 is 2.33 bits per heavy atom. The van der Waals surface area contributed by atoms with Gasteiger partial charge in [-0.3, -0.25) is 4.68 Å². The first-order chi connectivity index (χ1) is 5.45. The van der Waals surface area contributed by atoms with E-state index in [9.17, 15) is 4.39 Å². The number of hydrogen-bond donors (Lipinski definition) is 0. The molecule has 12 heavy (non-hydrogen) atoms. The van der Waals surface area contributed by atoms with Gasteiger partial charge < -0.3 is 0 Å². The maximum absolute atomic E-state index is 12.2. The molecule has 0 aliphatic carbocycles. The SMILES string of the molecule is Cc1cc(CF)nn1C(C)(C)C. The lowest BCUT2D eigenvalue weighted by molar-refractivity contribution is 0.341. The molecule has 1 aromatic rings. The van der Waals surface area contributed by atoms with Gasteiger partial charge in [-0.15, -0.1) is 0 Å². The molecular weight excluding hydrogens is 155 g/mol. The van der Waals surface area contributed by atoms with E-state index in [0.29, 0.717) is 5.69 Å². The summed E-state index contributed by atoms with van der Waals surface area (Å²) in [5.74, 6) is 0. The van der Waals surface area contributed by atoms with Crippen LogP contribution in [0.5, 0.6) is 0 Å². The van der Waals surface area contributed by atoms with Crippen LogP contribution in [0, 0.1) is 6.92 Å². The van der Waals surface area contributed by atoms with Crippen molar-refractivity contribution in [2.24, 2.45) is 0 Å². The number of aromatic nitrogens is 2. The zero-order chi connectivity index (χ0) is 9.35. The summed E-state index contributed by atoms with van der Waals surface area (Å²) in [7, 11) is 0. The van der Waals surface area contributed by atoms with Crippen molar-refractivity contribution in [2.45, 2.75) is 39.9 Å². The topological polar surface area (TPSA) is 17.8 Å². The Balaban J connectivity index is 3.08. The number of hydrogen-bond acceptors (Lipinski definition) is 1. The molecule has 0 atom stereocenters. The number of aryl methyl sites for hydroxylation is 1. The average molecular weight is 170 g/mol. The molecule has 0 amide bonds. The van der Waals surface area contributed by atoms with Crippen molar-refractivity contribution >= 4 is 0 Å². The number of nitrogens with zero attached hydrogens (tertiary/aromatic N) is 2. The van der Waals surface area contributed by atoms with Gasteiger partial charge in [0.2, 0.25) is 0 Å². The van der Waals surface area contributed by atoms with Crippen molar-refractivity contribution in [3.63, 3.8) is 0 Å². The lowest BCUT2D eigenvalue weighted by Gasteiger charge is -2.21. The second-order valence-corrected chi connectivity index (χ2v) is 3.99. The summed E-state index contributed by atoms with van der Waals surface area (Å²) in [6.45, 7) is 7.61. The van der Waals surface area contributed by atoms with E-state index in [2.05, 4.69) is 25.9 Å². The maximum Gasteiger partial charge on any atom is 0.133 e. The normalized spacial score (nSPS) is 12.1. The van der Waals surface area contributed by atoms with Crippen LogP contribution in [0.3, 0.4) is 0 Å². The van der Waals surface area contributed by atoms with Crippen molar-refractivity contribution in [2.75, 3.05) is 0 Å². The van der Waals surface area contributed by atoms with Gasteiger partial charge in [-0.1, -0.05) is 0 Å². The van der Waals surface area contributed by atoms with Crippen LogP contribution in [0.1, 0.15) is 32.2 Å². The zero-order valence-corrected chi connectivity index (χ0v) is 8.06. The summed E-state index contributed by atoms with van der Waals surface area (Å²) in [5.41, 5.74) is 1.47. The van der Waals surface area contributed by atoms with E-state index in [4.69, 9.17) is 0 Å². The highest BCUT2D eigenvalue weighted by Crippen LogP contribution is 2.16. The third kappa shape index (κ3) is 1.65. The Bertz CT molecular complexity index is 271. The van der Waals surface area contributed by atoms with Gasteiger partial charge in [-0.25, -0.2) is 4.39 Å². The summed E-state index contributed by atoms with van der Waals surface area (Å²) in [5, 5.41) is 4.14. The lowest BCUT2D eigenvalue weighted by Crippen LogP contribution is -2.24. The molecule has 0 spiro atoms. The van der Waals surface area contributed by atoms with Gasteiger partial charge in [0.25, 0.3) is 0 Å². The van der Waals surface area contributed by atoms with E-state index in [0.717, 1.165) is 5.69 Å². The second-order valence-electron chi connectivity index (χ2n) is 3.99. The molecule has 0 saturated heterocycles. The van der Waals surface area contributed by atoms with Gasteiger partial charge in [0.05, 0.1) is 11.2 Å². The molecule has 0 bridgehead atoms. The number of rotatable bonds is 1. The molecule has 3 heteroatoms. The standard InChI is InChI=1S/C9H15FN2/c1-7-5-8(6-10)11-12(7)9(2,3)4/h5H,6H2,1-4H3. The van der Waals surface area contributed by atoms with Gasteiger partial charge in [-0.05, 0) is 33.8 Å². The second kappa shape index (κ2) is 2.88. The first-order valence-electron chi connectivity index (χ1n) is 4.07. The summed E-state index contributed by atoms with van der Waals surface area (Å²) >= 11 is 0. The van der Waals surface area contributed by atoms with E-state index >= 15 is 0 Å². The molecule has 1 heterocycles. The molecule has 0 N–H and O–H groups in total. The smallest absolute Gasteiger partial charge is 0.133 e. The minimum atomic E-state index is -0.482. The lowest BCUT2D eigenvalue weighted by atomic mass is 10.1. The van der Waals surface area contributed by atoms with Crippen LogP contribution in [-0.4, -0.2) is 9.78 Å². The molecule has 0 aliphatic heterocycles. The van der Waals surface area contributed by atoms with Crippen LogP contribution >= 0.6 is 0 Å². The van der Waals surface area contributed by atoms with Crippen molar-refractivity contribution in [3.05, 3.63) is 17.5 Å². The van der Waals surface area contributed by atoms with Gasteiger partial charge >= 0.3 is 0 Å². The van der Waals surface area contributed by atoms with Crippen molar-refractivity contribution in [1.29, 1.82) is 0 Å². The van der Waals surface area contributed by atoms with E-state index in [-0.39, 0.29) is 5.54 Å². The van der Waals surface area contributed by atoms with Crippen LogP contribution in [-0.2, 0) is 12.2 Å². The molecule has 0 radical (unpaired) electrons. The zero-order valence-electron chi connectivity index (χ0n) is 8.06. The molecule has 2 nitrogen and oxygen atoms in total. The molecular formula is C9H15FN2. The molecule has 0 saturated carbocycles. The van der Waals surface area contributed by atoms with Crippen LogP contribution in [0.4, 0.5) is 4.39 Å². The van der Waals surface area contributed by atoms with Gasteiger partial charge in [0.15, 0.2) is 0 Å². The van der Waals surface area contributed by atoms with Crippen LogP contribution in [0.25, 0.3) is 0 Å². The van der Waals surface area contributed by atoms with Gasteiger partial charge in [-0.2, -0.15) is 5.10 Å². The Morgan fingerprint density at radius 2 is 2.08 bits per heavy atom. The van der Waals surface area contributed by atoms with Gasteiger partial charge in [0.1, 0.15) is 6.67 Å². The minimum Gasteiger partial charge on any atom is -0.264 e. The molecule has 68 valence electrons. The Labute approximate surface area is 72.4 Å². The largest absolute Gasteiger partial charge is 0.264 e. The number of halogens is 1. The Hall–Kier alpha value is -0.860. The molecule has 0 aliphatic rings. The highest BCUT2D eigenvalue weighted by molar-refractivity contribution is 5.09. The quantitative estimate of drug-likeness (QED) is 0.633. The van der Waals surface area contributed by atoms with E-state index in [1.807, 2.05) is 11.6 Å². The fraction of sp³-hybridized carbons (Fsp3) is 0.667. The van der Waals surface area contributed by atoms with Crippen molar-refractivity contribution in [3.8, 4) is 0 Å². The van der Waals surface area contributed by atoms with Crippen LogP contribution in [0.2, 0.25) is 0 Å².